The maximum absolute atomic E-state index is 11.7. The number of carbonyl (C=O) groups excluding carboxylic acids is 1. The van der Waals surface area contributed by atoms with Crippen LogP contribution in [0.1, 0.15) is 31.0 Å². The van der Waals surface area contributed by atoms with E-state index in [-0.39, 0.29) is 18.7 Å². The number of hydrogen-bond acceptors (Lipinski definition) is 6. The molecule has 1 unspecified atom stereocenters. The number of ether oxygens (including phenoxy) is 1. The molecule has 112 valence electrons. The smallest absolute Gasteiger partial charge is 0.326 e. The van der Waals surface area contributed by atoms with Crippen molar-refractivity contribution in [1.82, 2.24) is 15.5 Å². The van der Waals surface area contributed by atoms with Crippen molar-refractivity contribution in [2.75, 3.05) is 13.7 Å². The molecular weight excluding hydrogens is 266 g/mol. The van der Waals surface area contributed by atoms with Gasteiger partial charge in [0.25, 0.3) is 0 Å². The molecule has 0 radical (unpaired) electrons. The first-order chi connectivity index (χ1) is 9.52. The average molecular weight is 285 g/mol. The summed E-state index contributed by atoms with van der Waals surface area (Å²) in [7, 11) is 1.54. The molecule has 0 aliphatic rings. The molecule has 1 atom stereocenters. The molecule has 0 aliphatic carbocycles. The van der Waals surface area contributed by atoms with Gasteiger partial charge in [-0.15, -0.1) is 0 Å². The van der Waals surface area contributed by atoms with Crippen molar-refractivity contribution >= 4 is 11.9 Å². The Morgan fingerprint density at radius 1 is 1.50 bits per heavy atom. The maximum Gasteiger partial charge on any atom is 0.326 e. The van der Waals surface area contributed by atoms with Crippen molar-refractivity contribution in [3.63, 3.8) is 0 Å². The zero-order chi connectivity index (χ0) is 15.0. The molecule has 0 saturated heterocycles. The molecular formula is C12H19N3O5. The van der Waals surface area contributed by atoms with Crippen molar-refractivity contribution in [1.29, 1.82) is 0 Å². The summed E-state index contributed by atoms with van der Waals surface area (Å²) in [5.74, 6) is -0.541. The molecule has 0 saturated carbocycles. The van der Waals surface area contributed by atoms with Gasteiger partial charge in [0, 0.05) is 26.6 Å². The van der Waals surface area contributed by atoms with Gasteiger partial charge in [0.05, 0.1) is 0 Å². The van der Waals surface area contributed by atoms with E-state index in [0.29, 0.717) is 31.2 Å². The van der Waals surface area contributed by atoms with Crippen LogP contribution in [0.3, 0.4) is 0 Å². The van der Waals surface area contributed by atoms with Gasteiger partial charge in [-0.2, -0.15) is 4.98 Å². The lowest BCUT2D eigenvalue weighted by Crippen LogP contribution is -2.41. The van der Waals surface area contributed by atoms with E-state index in [1.54, 1.807) is 14.0 Å². The topological polar surface area (TPSA) is 115 Å². The molecule has 0 fully saturated rings. The third-order valence-corrected chi connectivity index (χ3v) is 2.61. The molecule has 1 aromatic rings. The highest BCUT2D eigenvalue weighted by atomic mass is 16.5. The summed E-state index contributed by atoms with van der Waals surface area (Å²) >= 11 is 0. The summed E-state index contributed by atoms with van der Waals surface area (Å²) < 4.78 is 9.72. The predicted octanol–water partition coefficient (Wildman–Crippen LogP) is 0.307. The fraction of sp³-hybridized carbons (Fsp3) is 0.667. The number of carboxylic acid groups (broad SMARTS) is 1. The Hall–Kier alpha value is -1.96. The number of carboxylic acids is 1. The number of hydrogen-bond donors (Lipinski definition) is 2. The molecule has 8 heteroatoms. The Morgan fingerprint density at radius 2 is 2.25 bits per heavy atom. The van der Waals surface area contributed by atoms with E-state index in [0.717, 1.165) is 0 Å². The van der Waals surface area contributed by atoms with Gasteiger partial charge in [0.2, 0.25) is 11.8 Å². The lowest BCUT2D eigenvalue weighted by Gasteiger charge is -2.13. The van der Waals surface area contributed by atoms with E-state index >= 15 is 0 Å². The van der Waals surface area contributed by atoms with Crippen LogP contribution in [0, 0.1) is 6.92 Å². The van der Waals surface area contributed by atoms with Gasteiger partial charge in [-0.3, -0.25) is 4.79 Å². The number of amides is 1. The highest BCUT2D eigenvalue weighted by Crippen LogP contribution is 2.02. The molecule has 0 spiro atoms. The Balaban J connectivity index is 2.35. The Kier molecular flexibility index (Phi) is 6.65. The number of aliphatic carboxylic acids is 1. The lowest BCUT2D eigenvalue weighted by atomic mass is 10.1. The Bertz CT molecular complexity index is 446. The van der Waals surface area contributed by atoms with Gasteiger partial charge < -0.3 is 19.7 Å². The van der Waals surface area contributed by atoms with Crippen molar-refractivity contribution in [3.05, 3.63) is 11.7 Å². The highest BCUT2D eigenvalue weighted by molar-refractivity contribution is 5.83. The van der Waals surface area contributed by atoms with Gasteiger partial charge in [-0.1, -0.05) is 5.16 Å². The second-order valence-corrected chi connectivity index (χ2v) is 4.33. The first kappa shape index (κ1) is 16.1. The second kappa shape index (κ2) is 8.26. The van der Waals surface area contributed by atoms with Gasteiger partial charge in [0.15, 0.2) is 5.82 Å². The SMILES string of the molecule is COCCCC(NC(=O)CCc1nc(C)no1)C(=O)O. The monoisotopic (exact) mass is 285 g/mol. The standard InChI is InChI=1S/C12H19N3O5/c1-8-13-11(20-15-8)6-5-10(16)14-9(12(17)18)4-3-7-19-2/h9H,3-7H2,1-2H3,(H,14,16)(H,17,18). The third kappa shape index (κ3) is 5.79. The van der Waals surface area contributed by atoms with Crippen molar-refractivity contribution in [2.45, 2.75) is 38.6 Å². The number of carbonyl (C=O) groups is 2. The molecule has 0 aromatic carbocycles. The summed E-state index contributed by atoms with van der Waals surface area (Å²) in [6.07, 6.45) is 1.29. The molecule has 20 heavy (non-hydrogen) atoms. The van der Waals surface area contributed by atoms with E-state index in [4.69, 9.17) is 14.4 Å². The van der Waals surface area contributed by atoms with Gasteiger partial charge in [-0.05, 0) is 19.8 Å². The summed E-state index contributed by atoms with van der Waals surface area (Å²) in [4.78, 5) is 26.7. The molecule has 1 aromatic heterocycles. The minimum Gasteiger partial charge on any atom is -0.480 e. The van der Waals surface area contributed by atoms with Crippen molar-refractivity contribution in [2.24, 2.45) is 0 Å². The number of rotatable bonds is 9. The first-order valence-electron chi connectivity index (χ1n) is 6.33. The number of nitrogens with one attached hydrogen (secondary N) is 1. The van der Waals surface area contributed by atoms with Gasteiger partial charge in [0.1, 0.15) is 6.04 Å². The van der Waals surface area contributed by atoms with E-state index in [2.05, 4.69) is 15.5 Å². The Labute approximate surface area is 116 Å². The largest absolute Gasteiger partial charge is 0.480 e. The van der Waals surface area contributed by atoms with Crippen LogP contribution in [-0.4, -0.2) is 46.9 Å². The number of nitrogens with zero attached hydrogens (tertiary/aromatic N) is 2. The highest BCUT2D eigenvalue weighted by Gasteiger charge is 2.19. The normalized spacial score (nSPS) is 12.1. The first-order valence-corrected chi connectivity index (χ1v) is 6.33. The Morgan fingerprint density at radius 3 is 2.80 bits per heavy atom. The molecule has 0 bridgehead atoms. The van der Waals surface area contributed by atoms with Crippen LogP contribution in [0.5, 0.6) is 0 Å². The van der Waals surface area contributed by atoms with E-state index in [1.807, 2.05) is 0 Å². The van der Waals surface area contributed by atoms with E-state index in [1.165, 1.54) is 0 Å². The summed E-state index contributed by atoms with van der Waals surface area (Å²) in [6, 6.07) is -0.901. The van der Waals surface area contributed by atoms with Crippen molar-refractivity contribution < 1.29 is 24.0 Å². The molecule has 8 nitrogen and oxygen atoms in total. The molecule has 1 amide bonds. The van der Waals surface area contributed by atoms with Crippen molar-refractivity contribution in [3.8, 4) is 0 Å². The minimum absolute atomic E-state index is 0.107. The minimum atomic E-state index is -1.05. The molecule has 1 heterocycles. The van der Waals surface area contributed by atoms with Gasteiger partial charge >= 0.3 is 5.97 Å². The summed E-state index contributed by atoms with van der Waals surface area (Å²) in [5.41, 5.74) is 0. The maximum atomic E-state index is 11.7. The van der Waals surface area contributed by atoms with E-state index in [9.17, 15) is 9.59 Å². The quantitative estimate of drug-likeness (QED) is 0.627. The number of methoxy groups -OCH3 is 1. The van der Waals surface area contributed by atoms with Crippen LogP contribution in [0.2, 0.25) is 0 Å². The van der Waals surface area contributed by atoms with Crippen LogP contribution < -0.4 is 5.32 Å². The predicted molar refractivity (Wildman–Crippen MR) is 68.0 cm³/mol. The van der Waals surface area contributed by atoms with Crippen LogP contribution in [0.4, 0.5) is 0 Å². The lowest BCUT2D eigenvalue weighted by molar-refractivity contribution is -0.142. The van der Waals surface area contributed by atoms with Crippen LogP contribution in [-0.2, 0) is 20.7 Å². The second-order valence-electron chi connectivity index (χ2n) is 4.33. The van der Waals surface area contributed by atoms with Crippen LogP contribution >= 0.6 is 0 Å². The number of aromatic nitrogens is 2. The average Bonchev–Trinajstić information content (AvgIpc) is 2.81. The fourth-order valence-corrected chi connectivity index (χ4v) is 1.62. The van der Waals surface area contributed by atoms with Crippen LogP contribution in [0.15, 0.2) is 4.52 Å². The molecule has 2 N–H and O–H groups in total. The zero-order valence-electron chi connectivity index (χ0n) is 11.6. The summed E-state index contributed by atoms with van der Waals surface area (Å²) in [6.45, 7) is 2.14. The molecule has 1 rings (SSSR count). The van der Waals surface area contributed by atoms with E-state index < -0.39 is 12.0 Å². The third-order valence-electron chi connectivity index (χ3n) is 2.61. The van der Waals surface area contributed by atoms with Crippen LogP contribution in [0.25, 0.3) is 0 Å². The summed E-state index contributed by atoms with van der Waals surface area (Å²) in [5, 5.41) is 15.1. The van der Waals surface area contributed by atoms with Gasteiger partial charge in [-0.25, -0.2) is 4.79 Å². The molecule has 0 aliphatic heterocycles. The zero-order valence-corrected chi connectivity index (χ0v) is 11.6. The fourth-order valence-electron chi connectivity index (χ4n) is 1.62. The number of aryl methyl sites for hydroxylation is 2.